The molecule has 0 N–H and O–H groups in total. The minimum atomic E-state index is -0.0281. The first-order valence-corrected chi connectivity index (χ1v) is 8.22. The van der Waals surface area contributed by atoms with Gasteiger partial charge in [0.2, 0.25) is 0 Å². The summed E-state index contributed by atoms with van der Waals surface area (Å²) in [5.41, 5.74) is 0. The van der Waals surface area contributed by atoms with Crippen molar-refractivity contribution in [3.8, 4) is 0 Å². The maximum Gasteiger partial charge on any atom is 0.160 e. The minimum absolute atomic E-state index is 0.0281. The van der Waals surface area contributed by atoms with Gasteiger partial charge in [-0.05, 0) is 32.1 Å². The Kier molecular flexibility index (Phi) is 6.92. The molecule has 112 valence electrons. The van der Waals surface area contributed by atoms with Gasteiger partial charge in [-0.3, -0.25) is 0 Å². The van der Waals surface area contributed by atoms with Crippen molar-refractivity contribution in [1.29, 1.82) is 0 Å². The van der Waals surface area contributed by atoms with E-state index in [0.29, 0.717) is 24.5 Å². The van der Waals surface area contributed by atoms with Gasteiger partial charge in [-0.15, -0.1) is 11.6 Å². The lowest BCUT2D eigenvalue weighted by molar-refractivity contribution is -0.248. The Balaban J connectivity index is 1.59. The van der Waals surface area contributed by atoms with E-state index in [1.807, 2.05) is 0 Å². The van der Waals surface area contributed by atoms with Gasteiger partial charge in [-0.25, -0.2) is 0 Å². The number of hydrogen-bond acceptors (Lipinski definition) is 3. The molecular weight excluding hydrogens is 264 g/mol. The average Bonchev–Trinajstić information content (AvgIpc) is 2.45. The van der Waals surface area contributed by atoms with E-state index >= 15 is 0 Å². The molecule has 0 amide bonds. The highest BCUT2D eigenvalue weighted by Gasteiger charge is 2.32. The molecule has 0 aromatic carbocycles. The van der Waals surface area contributed by atoms with Crippen LogP contribution in [0.2, 0.25) is 0 Å². The van der Waals surface area contributed by atoms with Crippen molar-refractivity contribution in [1.82, 2.24) is 0 Å². The van der Waals surface area contributed by atoms with E-state index in [4.69, 9.17) is 25.8 Å². The summed E-state index contributed by atoms with van der Waals surface area (Å²) in [5.74, 6) is 0.524. The fraction of sp³-hybridized carbons (Fsp3) is 1.00. The van der Waals surface area contributed by atoms with E-state index in [0.717, 1.165) is 38.7 Å². The molecule has 0 atom stereocenters. The molecule has 2 fully saturated rings. The van der Waals surface area contributed by atoms with Crippen LogP contribution >= 0.6 is 11.6 Å². The Morgan fingerprint density at radius 2 is 1.74 bits per heavy atom. The molecular formula is C15H27ClO3. The lowest BCUT2D eigenvalue weighted by atomic mass is 9.88. The quantitative estimate of drug-likeness (QED) is 0.551. The number of unbranched alkanes of at least 4 members (excludes halogenated alkanes) is 2. The van der Waals surface area contributed by atoms with Gasteiger partial charge in [0.15, 0.2) is 6.29 Å². The molecule has 1 aliphatic carbocycles. The smallest absolute Gasteiger partial charge is 0.160 e. The topological polar surface area (TPSA) is 27.7 Å². The monoisotopic (exact) mass is 290 g/mol. The molecule has 0 radical (unpaired) electrons. The number of hydrogen-bond donors (Lipinski definition) is 0. The summed E-state index contributed by atoms with van der Waals surface area (Å²) in [5, 5.41) is 0.356. The average molecular weight is 291 g/mol. The van der Waals surface area contributed by atoms with Crippen LogP contribution in [0.15, 0.2) is 0 Å². The van der Waals surface area contributed by atoms with Gasteiger partial charge in [0.1, 0.15) is 6.10 Å². The maximum atomic E-state index is 6.13. The Morgan fingerprint density at radius 1 is 1.05 bits per heavy atom. The Labute approximate surface area is 121 Å². The van der Waals surface area contributed by atoms with Crippen LogP contribution in [-0.4, -0.2) is 37.6 Å². The second-order valence-corrected chi connectivity index (χ2v) is 6.36. The summed E-state index contributed by atoms with van der Waals surface area (Å²) < 4.78 is 17.4. The minimum Gasteiger partial charge on any atom is -0.373 e. The van der Waals surface area contributed by atoms with Crippen LogP contribution in [0.4, 0.5) is 0 Å². The first-order valence-electron chi connectivity index (χ1n) is 7.78. The third-order valence-electron chi connectivity index (χ3n) is 4.08. The first-order chi connectivity index (χ1) is 9.29. The molecule has 1 saturated heterocycles. The van der Waals surface area contributed by atoms with E-state index in [9.17, 15) is 0 Å². The van der Waals surface area contributed by atoms with Gasteiger partial charge in [0, 0.05) is 17.9 Å². The van der Waals surface area contributed by atoms with Crippen LogP contribution in [0.5, 0.6) is 0 Å². The van der Waals surface area contributed by atoms with E-state index < -0.39 is 0 Å². The Hall–Kier alpha value is 0.170. The van der Waals surface area contributed by atoms with Gasteiger partial charge in [0.05, 0.1) is 13.2 Å². The number of halogens is 1. The summed E-state index contributed by atoms with van der Waals surface area (Å²) >= 11 is 6.13. The highest BCUT2D eigenvalue weighted by atomic mass is 35.5. The summed E-state index contributed by atoms with van der Waals surface area (Å²) in [6.45, 7) is 4.38. The molecule has 1 heterocycles. The van der Waals surface area contributed by atoms with Gasteiger partial charge < -0.3 is 14.2 Å². The summed E-state index contributed by atoms with van der Waals surface area (Å²) in [6, 6.07) is 0. The van der Waals surface area contributed by atoms with Crippen LogP contribution in [-0.2, 0) is 14.2 Å². The fourth-order valence-corrected chi connectivity index (χ4v) is 3.07. The summed E-state index contributed by atoms with van der Waals surface area (Å²) in [6.07, 6.45) is 8.12. The lowest BCUT2D eigenvalue weighted by Crippen LogP contribution is -2.42. The van der Waals surface area contributed by atoms with Crippen molar-refractivity contribution in [3.05, 3.63) is 0 Å². The maximum absolute atomic E-state index is 6.13. The van der Waals surface area contributed by atoms with E-state index in [1.54, 1.807) is 0 Å². The SMILES string of the molecule is CCCCCOC1COC(C2CCC(Cl)CC2)OC1. The largest absolute Gasteiger partial charge is 0.373 e. The summed E-state index contributed by atoms with van der Waals surface area (Å²) in [7, 11) is 0. The van der Waals surface area contributed by atoms with Crippen LogP contribution in [0.1, 0.15) is 51.9 Å². The molecule has 2 aliphatic rings. The Morgan fingerprint density at radius 3 is 2.37 bits per heavy atom. The lowest BCUT2D eigenvalue weighted by Gasteiger charge is -2.36. The standard InChI is InChI=1S/C15H27ClO3/c1-2-3-4-9-17-14-10-18-15(19-11-14)12-5-7-13(16)8-6-12/h12-15H,2-11H2,1H3. The Bertz CT molecular complexity index is 234. The van der Waals surface area contributed by atoms with Gasteiger partial charge >= 0.3 is 0 Å². The highest BCUT2D eigenvalue weighted by molar-refractivity contribution is 6.20. The molecule has 1 aliphatic heterocycles. The first kappa shape index (κ1) is 15.6. The van der Waals surface area contributed by atoms with Crippen LogP contribution in [0, 0.1) is 5.92 Å². The van der Waals surface area contributed by atoms with E-state index in [1.165, 1.54) is 12.8 Å². The summed E-state index contributed by atoms with van der Waals surface area (Å²) in [4.78, 5) is 0. The number of alkyl halides is 1. The highest BCUT2D eigenvalue weighted by Crippen LogP contribution is 2.32. The van der Waals surface area contributed by atoms with Crippen LogP contribution < -0.4 is 0 Å². The molecule has 3 nitrogen and oxygen atoms in total. The van der Waals surface area contributed by atoms with E-state index in [2.05, 4.69) is 6.92 Å². The molecule has 0 unspecified atom stereocenters. The molecule has 1 saturated carbocycles. The van der Waals surface area contributed by atoms with Gasteiger partial charge in [0.25, 0.3) is 0 Å². The molecule has 2 rings (SSSR count). The molecule has 0 spiro atoms. The molecule has 0 aromatic rings. The second-order valence-electron chi connectivity index (χ2n) is 5.75. The normalized spacial score (nSPS) is 36.3. The zero-order chi connectivity index (χ0) is 13.5. The third-order valence-corrected chi connectivity index (χ3v) is 4.52. The van der Waals surface area contributed by atoms with Crippen molar-refractivity contribution in [2.45, 2.75) is 69.6 Å². The van der Waals surface area contributed by atoms with Crippen molar-refractivity contribution in [2.24, 2.45) is 5.92 Å². The number of ether oxygens (including phenoxy) is 3. The molecule has 0 aromatic heterocycles. The zero-order valence-corrected chi connectivity index (χ0v) is 12.7. The zero-order valence-electron chi connectivity index (χ0n) is 12.0. The van der Waals surface area contributed by atoms with Crippen molar-refractivity contribution >= 4 is 11.6 Å². The second kappa shape index (κ2) is 8.46. The van der Waals surface area contributed by atoms with Crippen molar-refractivity contribution < 1.29 is 14.2 Å². The van der Waals surface area contributed by atoms with Crippen molar-refractivity contribution in [2.75, 3.05) is 19.8 Å². The fourth-order valence-electron chi connectivity index (χ4n) is 2.82. The van der Waals surface area contributed by atoms with Gasteiger partial charge in [-0.2, -0.15) is 0 Å². The van der Waals surface area contributed by atoms with E-state index in [-0.39, 0.29) is 12.4 Å². The molecule has 0 bridgehead atoms. The predicted octanol–water partition coefficient (Wildman–Crippen LogP) is 3.73. The molecule has 19 heavy (non-hydrogen) atoms. The molecule has 4 heteroatoms. The number of rotatable bonds is 6. The van der Waals surface area contributed by atoms with Crippen molar-refractivity contribution in [3.63, 3.8) is 0 Å². The third kappa shape index (κ3) is 5.22. The van der Waals surface area contributed by atoms with Gasteiger partial charge in [-0.1, -0.05) is 19.8 Å². The van der Waals surface area contributed by atoms with Crippen LogP contribution in [0.25, 0.3) is 0 Å². The predicted molar refractivity (Wildman–Crippen MR) is 76.6 cm³/mol. The van der Waals surface area contributed by atoms with Crippen LogP contribution in [0.3, 0.4) is 0 Å².